The van der Waals surface area contributed by atoms with Gasteiger partial charge < -0.3 is 9.88 Å². The summed E-state index contributed by atoms with van der Waals surface area (Å²) < 4.78 is 4.12. The van der Waals surface area contributed by atoms with Crippen LogP contribution in [0.25, 0.3) is 0 Å². The quantitative estimate of drug-likeness (QED) is 0.867. The Morgan fingerprint density at radius 3 is 3.11 bits per heavy atom. The van der Waals surface area contributed by atoms with Crippen molar-refractivity contribution < 1.29 is 0 Å². The van der Waals surface area contributed by atoms with Gasteiger partial charge in [-0.2, -0.15) is 5.10 Å². The molecule has 0 fully saturated rings. The zero-order chi connectivity index (χ0) is 12.5. The Labute approximate surface area is 106 Å². The fourth-order valence-electron chi connectivity index (χ4n) is 2.42. The molecule has 18 heavy (non-hydrogen) atoms. The largest absolute Gasteiger partial charge is 0.314 e. The molecular weight excluding hydrogens is 228 g/mol. The maximum absolute atomic E-state index is 4.29. The summed E-state index contributed by atoms with van der Waals surface area (Å²) in [5.74, 6) is 2.17. The van der Waals surface area contributed by atoms with E-state index < -0.39 is 0 Å². The molecule has 0 saturated heterocycles. The molecule has 96 valence electrons. The van der Waals surface area contributed by atoms with Gasteiger partial charge >= 0.3 is 0 Å². The molecule has 3 heterocycles. The Hall–Kier alpha value is -1.69. The van der Waals surface area contributed by atoms with Crippen LogP contribution in [0.1, 0.15) is 36.7 Å². The third kappa shape index (κ3) is 1.92. The maximum Gasteiger partial charge on any atom is 0.149 e. The van der Waals surface area contributed by atoms with Crippen LogP contribution in [0, 0.1) is 0 Å². The van der Waals surface area contributed by atoms with Crippen molar-refractivity contribution >= 4 is 0 Å². The van der Waals surface area contributed by atoms with Gasteiger partial charge in [0.25, 0.3) is 0 Å². The molecule has 0 aromatic carbocycles. The van der Waals surface area contributed by atoms with Crippen molar-refractivity contribution in [3.8, 4) is 0 Å². The molecule has 2 aromatic heterocycles. The lowest BCUT2D eigenvalue weighted by Crippen LogP contribution is -2.22. The van der Waals surface area contributed by atoms with Crippen molar-refractivity contribution in [3.63, 3.8) is 0 Å². The summed E-state index contributed by atoms with van der Waals surface area (Å²) in [6, 6.07) is 2.23. The highest BCUT2D eigenvalue weighted by Crippen LogP contribution is 2.19. The molecule has 1 aliphatic heterocycles. The zero-order valence-corrected chi connectivity index (χ0v) is 10.8. The van der Waals surface area contributed by atoms with Crippen LogP contribution in [0.15, 0.2) is 12.3 Å². The predicted octanol–water partition coefficient (Wildman–Crippen LogP) is 0.809. The first-order valence-electron chi connectivity index (χ1n) is 6.38. The lowest BCUT2D eigenvalue weighted by Gasteiger charge is -2.13. The van der Waals surface area contributed by atoms with E-state index in [1.807, 2.05) is 24.0 Å². The molecule has 1 N–H and O–H groups in total. The number of hydrogen-bond donors (Lipinski definition) is 1. The van der Waals surface area contributed by atoms with E-state index in [2.05, 4.69) is 32.1 Å². The Kier molecular flexibility index (Phi) is 2.87. The summed E-state index contributed by atoms with van der Waals surface area (Å²) in [6.45, 7) is 3.97. The normalized spacial score (nSPS) is 15.9. The number of aryl methyl sites for hydroxylation is 2. The molecule has 0 saturated carbocycles. The van der Waals surface area contributed by atoms with Crippen molar-refractivity contribution in [2.45, 2.75) is 38.9 Å². The average molecular weight is 246 g/mol. The van der Waals surface area contributed by atoms with E-state index in [0.29, 0.717) is 0 Å². The summed E-state index contributed by atoms with van der Waals surface area (Å²) in [6.07, 6.45) is 4.06. The summed E-state index contributed by atoms with van der Waals surface area (Å²) >= 11 is 0. The van der Waals surface area contributed by atoms with Gasteiger partial charge in [0.2, 0.25) is 0 Å². The highest BCUT2D eigenvalue weighted by atomic mass is 15.3. The monoisotopic (exact) mass is 246 g/mol. The Bertz CT molecular complexity index is 541. The van der Waals surface area contributed by atoms with Crippen LogP contribution < -0.4 is 5.32 Å². The van der Waals surface area contributed by atoms with Gasteiger partial charge in [-0.05, 0) is 19.4 Å². The van der Waals surface area contributed by atoms with Crippen LogP contribution in [0.5, 0.6) is 0 Å². The van der Waals surface area contributed by atoms with E-state index in [-0.39, 0.29) is 6.04 Å². The second-order valence-corrected chi connectivity index (χ2v) is 4.78. The van der Waals surface area contributed by atoms with Crippen molar-refractivity contribution in [1.82, 2.24) is 29.9 Å². The van der Waals surface area contributed by atoms with E-state index in [4.69, 9.17) is 0 Å². The van der Waals surface area contributed by atoms with Gasteiger partial charge in [-0.25, -0.2) is 0 Å². The van der Waals surface area contributed by atoms with Crippen LogP contribution in [0.2, 0.25) is 0 Å². The minimum absolute atomic E-state index is 0.208. The standard InChI is InChI=1S/C12H18N6/c1-9(13-8-10-5-6-14-17(10)2)12-16-15-11-4-3-7-18(11)12/h5-6,9,13H,3-4,7-8H2,1-2H3. The third-order valence-corrected chi connectivity index (χ3v) is 3.54. The van der Waals surface area contributed by atoms with Crippen LogP contribution in [0.4, 0.5) is 0 Å². The lowest BCUT2D eigenvalue weighted by molar-refractivity contribution is 0.502. The topological polar surface area (TPSA) is 60.6 Å². The second-order valence-electron chi connectivity index (χ2n) is 4.78. The fraction of sp³-hybridized carbons (Fsp3) is 0.583. The van der Waals surface area contributed by atoms with Crippen molar-refractivity contribution in [2.75, 3.05) is 0 Å². The van der Waals surface area contributed by atoms with Gasteiger partial charge in [0.05, 0.1) is 11.7 Å². The molecule has 0 aliphatic carbocycles. The first-order valence-corrected chi connectivity index (χ1v) is 6.38. The number of nitrogens with one attached hydrogen (secondary N) is 1. The van der Waals surface area contributed by atoms with Crippen molar-refractivity contribution in [2.24, 2.45) is 7.05 Å². The van der Waals surface area contributed by atoms with Crippen LogP contribution in [0.3, 0.4) is 0 Å². The molecule has 1 atom stereocenters. The summed E-state index contributed by atoms with van der Waals surface area (Å²) in [5.41, 5.74) is 1.17. The predicted molar refractivity (Wildman–Crippen MR) is 66.8 cm³/mol. The van der Waals surface area contributed by atoms with Crippen LogP contribution in [-0.2, 0) is 26.6 Å². The Balaban J connectivity index is 1.68. The number of rotatable bonds is 4. The van der Waals surface area contributed by atoms with E-state index in [0.717, 1.165) is 31.2 Å². The highest BCUT2D eigenvalue weighted by molar-refractivity contribution is 5.05. The number of aromatic nitrogens is 5. The molecule has 2 aromatic rings. The average Bonchev–Trinajstić information content (AvgIpc) is 3.01. The first kappa shape index (κ1) is 11.4. The molecule has 1 aliphatic rings. The van der Waals surface area contributed by atoms with Gasteiger partial charge in [0, 0.05) is 32.8 Å². The molecular formula is C12H18N6. The molecule has 6 nitrogen and oxygen atoms in total. The summed E-state index contributed by atoms with van der Waals surface area (Å²) in [5, 5.41) is 16.2. The number of nitrogens with zero attached hydrogens (tertiary/aromatic N) is 5. The van der Waals surface area contributed by atoms with E-state index in [1.54, 1.807) is 0 Å². The molecule has 6 heteroatoms. The number of hydrogen-bond acceptors (Lipinski definition) is 4. The minimum atomic E-state index is 0.208. The summed E-state index contributed by atoms with van der Waals surface area (Å²) in [7, 11) is 1.95. The third-order valence-electron chi connectivity index (χ3n) is 3.54. The molecule has 1 unspecified atom stereocenters. The second kappa shape index (κ2) is 4.53. The Morgan fingerprint density at radius 1 is 1.44 bits per heavy atom. The van der Waals surface area contributed by atoms with E-state index in [1.165, 1.54) is 12.1 Å². The molecule has 0 bridgehead atoms. The van der Waals surface area contributed by atoms with E-state index in [9.17, 15) is 0 Å². The Morgan fingerprint density at radius 2 is 2.33 bits per heavy atom. The van der Waals surface area contributed by atoms with E-state index >= 15 is 0 Å². The molecule has 0 amide bonds. The first-order chi connectivity index (χ1) is 8.75. The lowest BCUT2D eigenvalue weighted by atomic mass is 10.3. The van der Waals surface area contributed by atoms with Gasteiger partial charge in [0.1, 0.15) is 11.6 Å². The van der Waals surface area contributed by atoms with Crippen molar-refractivity contribution in [3.05, 3.63) is 29.6 Å². The summed E-state index contributed by atoms with van der Waals surface area (Å²) in [4.78, 5) is 0. The van der Waals surface area contributed by atoms with Crippen LogP contribution >= 0.6 is 0 Å². The molecule has 0 spiro atoms. The smallest absolute Gasteiger partial charge is 0.149 e. The molecule has 0 radical (unpaired) electrons. The molecule has 3 rings (SSSR count). The van der Waals surface area contributed by atoms with Gasteiger partial charge in [-0.1, -0.05) is 0 Å². The fourth-order valence-corrected chi connectivity index (χ4v) is 2.42. The van der Waals surface area contributed by atoms with Gasteiger partial charge in [0.15, 0.2) is 0 Å². The maximum atomic E-state index is 4.29. The SMILES string of the molecule is CC(NCc1ccnn1C)c1nnc2n1CCC2. The highest BCUT2D eigenvalue weighted by Gasteiger charge is 2.20. The minimum Gasteiger partial charge on any atom is -0.314 e. The van der Waals surface area contributed by atoms with Gasteiger partial charge in [-0.15, -0.1) is 10.2 Å². The van der Waals surface area contributed by atoms with Gasteiger partial charge in [-0.3, -0.25) is 4.68 Å². The zero-order valence-electron chi connectivity index (χ0n) is 10.8. The van der Waals surface area contributed by atoms with Crippen molar-refractivity contribution in [1.29, 1.82) is 0 Å². The van der Waals surface area contributed by atoms with Crippen LogP contribution in [-0.4, -0.2) is 24.5 Å². The number of fused-ring (bicyclic) bond motifs is 1.